The third-order valence-corrected chi connectivity index (χ3v) is 4.30. The van der Waals surface area contributed by atoms with E-state index in [1.807, 2.05) is 24.4 Å². The molecule has 0 atom stereocenters. The van der Waals surface area contributed by atoms with Crippen LogP contribution < -0.4 is 5.32 Å². The zero-order chi connectivity index (χ0) is 19.5. The first-order chi connectivity index (χ1) is 13.6. The molecule has 0 spiro atoms. The van der Waals surface area contributed by atoms with E-state index < -0.39 is 17.5 Å². The summed E-state index contributed by atoms with van der Waals surface area (Å²) in [6.07, 6.45) is 1.82. The fraction of sp³-hybridized carbons (Fsp3) is 0.0435. The number of amides is 1. The molecule has 1 N–H and O–H groups in total. The molecular weight excluding hydrogens is 358 g/mol. The van der Waals surface area contributed by atoms with Gasteiger partial charge in [0.2, 0.25) is 0 Å². The fourth-order valence-electron chi connectivity index (χ4n) is 2.83. The Kier molecular flexibility index (Phi) is 4.69. The Labute approximate surface area is 160 Å². The van der Waals surface area contributed by atoms with E-state index in [-0.39, 0.29) is 5.56 Å². The lowest BCUT2D eigenvalue weighted by Crippen LogP contribution is -2.14. The van der Waals surface area contributed by atoms with Gasteiger partial charge in [-0.25, -0.2) is 8.78 Å². The summed E-state index contributed by atoms with van der Waals surface area (Å²) in [7, 11) is 0. The molecule has 0 saturated heterocycles. The second-order valence-electron chi connectivity index (χ2n) is 6.29. The Morgan fingerprint density at radius 3 is 2.43 bits per heavy atom. The SMILES string of the molecule is O=C(Nc1ccc(F)cc1)c1cc(C#Cc2ccc3c(c2)C=NC3)ccc1F. The summed E-state index contributed by atoms with van der Waals surface area (Å²) >= 11 is 0. The molecule has 0 saturated carbocycles. The van der Waals surface area contributed by atoms with Crippen molar-refractivity contribution in [1.29, 1.82) is 0 Å². The van der Waals surface area contributed by atoms with E-state index in [1.165, 1.54) is 42.5 Å². The van der Waals surface area contributed by atoms with Gasteiger partial charge in [-0.1, -0.05) is 17.9 Å². The molecule has 0 bridgehead atoms. The van der Waals surface area contributed by atoms with E-state index in [0.717, 1.165) is 16.7 Å². The largest absolute Gasteiger partial charge is 0.322 e. The van der Waals surface area contributed by atoms with Gasteiger partial charge in [-0.2, -0.15) is 0 Å². The summed E-state index contributed by atoms with van der Waals surface area (Å²) in [6, 6.07) is 15.2. The molecule has 1 aliphatic rings. The van der Waals surface area contributed by atoms with Crippen LogP contribution >= 0.6 is 0 Å². The molecule has 3 nitrogen and oxygen atoms in total. The first-order valence-electron chi connectivity index (χ1n) is 8.60. The van der Waals surface area contributed by atoms with Gasteiger partial charge in [-0.3, -0.25) is 9.79 Å². The molecule has 28 heavy (non-hydrogen) atoms. The van der Waals surface area contributed by atoms with Crippen LogP contribution in [0, 0.1) is 23.5 Å². The number of hydrogen-bond acceptors (Lipinski definition) is 2. The maximum atomic E-state index is 14.1. The van der Waals surface area contributed by atoms with Crippen LogP contribution in [0.4, 0.5) is 14.5 Å². The second-order valence-corrected chi connectivity index (χ2v) is 6.29. The van der Waals surface area contributed by atoms with Crippen LogP contribution in [0.15, 0.2) is 65.7 Å². The standard InChI is InChI=1S/C23H14F2N2O/c24-19-6-8-20(9-7-19)27-23(28)21-12-16(4-10-22(21)25)2-1-15-3-5-17-13-26-14-18(17)11-15/h3-12,14H,13H2,(H,27,28). The number of hydrogen-bond donors (Lipinski definition) is 1. The van der Waals surface area contributed by atoms with E-state index in [4.69, 9.17) is 0 Å². The van der Waals surface area contributed by atoms with Gasteiger partial charge in [0.1, 0.15) is 11.6 Å². The number of halogens is 2. The topological polar surface area (TPSA) is 41.5 Å². The maximum absolute atomic E-state index is 14.1. The first kappa shape index (κ1) is 17.6. The number of fused-ring (bicyclic) bond motifs is 1. The zero-order valence-corrected chi connectivity index (χ0v) is 14.7. The van der Waals surface area contributed by atoms with Gasteiger partial charge in [-0.05, 0) is 65.7 Å². The quantitative estimate of drug-likeness (QED) is 0.659. The summed E-state index contributed by atoms with van der Waals surface area (Å²) in [6.45, 7) is 0.688. The van der Waals surface area contributed by atoms with Crippen LogP contribution in [0.5, 0.6) is 0 Å². The van der Waals surface area contributed by atoms with Gasteiger partial charge in [-0.15, -0.1) is 0 Å². The van der Waals surface area contributed by atoms with Crippen molar-refractivity contribution in [3.05, 3.63) is 100 Å². The monoisotopic (exact) mass is 372 g/mol. The smallest absolute Gasteiger partial charge is 0.258 e. The van der Waals surface area contributed by atoms with Crippen molar-refractivity contribution in [2.45, 2.75) is 6.54 Å². The number of nitrogens with zero attached hydrogens (tertiary/aromatic N) is 1. The molecule has 0 radical (unpaired) electrons. The molecule has 0 unspecified atom stereocenters. The normalized spacial score (nSPS) is 11.5. The Morgan fingerprint density at radius 2 is 1.64 bits per heavy atom. The van der Waals surface area contributed by atoms with Gasteiger partial charge in [0.15, 0.2) is 0 Å². The summed E-state index contributed by atoms with van der Waals surface area (Å²) in [5, 5.41) is 2.55. The minimum Gasteiger partial charge on any atom is -0.322 e. The number of nitrogens with one attached hydrogen (secondary N) is 1. The van der Waals surface area contributed by atoms with E-state index in [1.54, 1.807) is 0 Å². The minimum absolute atomic E-state index is 0.128. The number of rotatable bonds is 2. The highest BCUT2D eigenvalue weighted by molar-refractivity contribution is 6.04. The Bertz CT molecular complexity index is 1160. The van der Waals surface area contributed by atoms with Crippen molar-refractivity contribution in [2.75, 3.05) is 5.32 Å². The number of aliphatic imine (C=N–C) groups is 1. The lowest BCUT2D eigenvalue weighted by molar-refractivity contribution is 0.102. The Balaban J connectivity index is 1.56. The van der Waals surface area contributed by atoms with E-state index >= 15 is 0 Å². The third kappa shape index (κ3) is 3.81. The highest BCUT2D eigenvalue weighted by Gasteiger charge is 2.13. The lowest BCUT2D eigenvalue weighted by atomic mass is 10.1. The molecule has 3 aromatic carbocycles. The van der Waals surface area contributed by atoms with Crippen LogP contribution in [-0.4, -0.2) is 12.1 Å². The average Bonchev–Trinajstić information content (AvgIpc) is 3.17. The van der Waals surface area contributed by atoms with Crippen molar-refractivity contribution in [2.24, 2.45) is 4.99 Å². The number of carbonyl (C=O) groups is 1. The lowest BCUT2D eigenvalue weighted by Gasteiger charge is -2.06. The van der Waals surface area contributed by atoms with Crippen molar-refractivity contribution >= 4 is 17.8 Å². The van der Waals surface area contributed by atoms with Crippen molar-refractivity contribution in [1.82, 2.24) is 0 Å². The van der Waals surface area contributed by atoms with Gasteiger partial charge in [0.25, 0.3) is 5.91 Å². The molecule has 0 aromatic heterocycles. The van der Waals surface area contributed by atoms with Gasteiger partial charge in [0.05, 0.1) is 12.1 Å². The summed E-state index contributed by atoms with van der Waals surface area (Å²) in [5.74, 6) is 4.29. The minimum atomic E-state index is -0.654. The first-order valence-corrected chi connectivity index (χ1v) is 8.60. The predicted octanol–water partition coefficient (Wildman–Crippen LogP) is 4.55. The van der Waals surface area contributed by atoms with Gasteiger partial charge in [0, 0.05) is 23.0 Å². The molecule has 0 aliphatic carbocycles. The number of benzene rings is 3. The molecule has 5 heteroatoms. The van der Waals surface area contributed by atoms with Gasteiger partial charge < -0.3 is 5.32 Å². The molecule has 0 fully saturated rings. The molecule has 4 rings (SSSR count). The highest BCUT2D eigenvalue weighted by atomic mass is 19.1. The maximum Gasteiger partial charge on any atom is 0.258 e. The van der Waals surface area contributed by atoms with Crippen LogP contribution in [0.25, 0.3) is 0 Å². The average molecular weight is 372 g/mol. The van der Waals surface area contributed by atoms with Gasteiger partial charge >= 0.3 is 0 Å². The molecule has 1 amide bonds. The van der Waals surface area contributed by atoms with Crippen molar-refractivity contribution in [3.8, 4) is 11.8 Å². The molecule has 136 valence electrons. The van der Waals surface area contributed by atoms with E-state index in [0.29, 0.717) is 17.8 Å². The van der Waals surface area contributed by atoms with E-state index in [2.05, 4.69) is 22.2 Å². The number of anilines is 1. The van der Waals surface area contributed by atoms with Crippen LogP contribution in [0.3, 0.4) is 0 Å². The molecule has 1 heterocycles. The zero-order valence-electron chi connectivity index (χ0n) is 14.7. The van der Waals surface area contributed by atoms with Crippen LogP contribution in [0.1, 0.15) is 32.6 Å². The predicted molar refractivity (Wildman–Crippen MR) is 104 cm³/mol. The number of carbonyl (C=O) groups excluding carboxylic acids is 1. The van der Waals surface area contributed by atoms with Crippen LogP contribution in [0.2, 0.25) is 0 Å². The van der Waals surface area contributed by atoms with E-state index in [9.17, 15) is 13.6 Å². The third-order valence-electron chi connectivity index (χ3n) is 4.30. The summed E-state index contributed by atoms with van der Waals surface area (Å²) in [5.41, 5.74) is 3.78. The van der Waals surface area contributed by atoms with Crippen molar-refractivity contribution < 1.29 is 13.6 Å². The highest BCUT2D eigenvalue weighted by Crippen LogP contribution is 2.17. The molecule has 1 aliphatic heterocycles. The second kappa shape index (κ2) is 7.45. The van der Waals surface area contributed by atoms with Crippen LogP contribution in [-0.2, 0) is 6.54 Å². The summed E-state index contributed by atoms with van der Waals surface area (Å²) < 4.78 is 27.1. The Morgan fingerprint density at radius 1 is 0.929 bits per heavy atom. The van der Waals surface area contributed by atoms with Crippen molar-refractivity contribution in [3.63, 3.8) is 0 Å². The molecule has 3 aromatic rings. The summed E-state index contributed by atoms with van der Waals surface area (Å²) in [4.78, 5) is 16.6. The molecular formula is C23H14F2N2O. The Hall–Kier alpha value is -3.78. The fourth-order valence-corrected chi connectivity index (χ4v) is 2.83.